The number of carbonyl (C=O) groups excluding carboxylic acids is 2. The quantitative estimate of drug-likeness (QED) is 0.685. The summed E-state index contributed by atoms with van der Waals surface area (Å²) in [7, 11) is 0. The molecule has 0 radical (unpaired) electrons. The van der Waals surface area contributed by atoms with Crippen LogP contribution in [0.2, 0.25) is 0 Å². The van der Waals surface area contributed by atoms with Gasteiger partial charge < -0.3 is 14.4 Å². The third-order valence-corrected chi connectivity index (χ3v) is 6.76. The maximum Gasteiger partial charge on any atom is 0.411 e. The summed E-state index contributed by atoms with van der Waals surface area (Å²) < 4.78 is 24.8. The van der Waals surface area contributed by atoms with Crippen molar-refractivity contribution < 1.29 is 23.5 Å². The summed E-state index contributed by atoms with van der Waals surface area (Å²) in [5.41, 5.74) is -0.659. The molecular formula is C25H36FN3O4. The average Bonchev–Trinajstić information content (AvgIpc) is 3.44. The molecule has 4 rings (SSSR count). The minimum absolute atomic E-state index is 0.0443. The molecule has 0 aromatic heterocycles. The molecule has 1 aromatic carbocycles. The molecule has 2 unspecified atom stereocenters. The van der Waals surface area contributed by atoms with E-state index in [1.807, 2.05) is 25.7 Å². The summed E-state index contributed by atoms with van der Waals surface area (Å²) in [6.07, 6.45) is 4.63. The van der Waals surface area contributed by atoms with Gasteiger partial charge in [-0.3, -0.25) is 14.6 Å². The van der Waals surface area contributed by atoms with Gasteiger partial charge in [0.05, 0.1) is 6.54 Å². The summed E-state index contributed by atoms with van der Waals surface area (Å²) >= 11 is 0. The van der Waals surface area contributed by atoms with E-state index in [-0.39, 0.29) is 24.4 Å². The van der Waals surface area contributed by atoms with Crippen LogP contribution >= 0.6 is 0 Å². The standard InChI is InChI=1S/C25H36FN3O4/c1-25(2,3)33-24(31)29-17-21(32-20-10-8-18(26)9-11-20)16-22(29)23(30)28-14-12-27(13-15-28)19-6-4-5-7-19/h8-11,19,21-22H,4-7,12-17H2,1-3H3. The summed E-state index contributed by atoms with van der Waals surface area (Å²) in [6, 6.07) is 5.82. The van der Waals surface area contributed by atoms with E-state index < -0.39 is 17.7 Å². The number of piperazine rings is 1. The molecule has 3 fully saturated rings. The van der Waals surface area contributed by atoms with Crippen molar-refractivity contribution >= 4 is 12.0 Å². The maximum absolute atomic E-state index is 13.5. The molecule has 2 atom stereocenters. The number of nitrogens with zero attached hydrogens (tertiary/aromatic N) is 3. The van der Waals surface area contributed by atoms with Crippen LogP contribution < -0.4 is 4.74 Å². The molecule has 8 heteroatoms. The molecule has 2 saturated heterocycles. The Morgan fingerprint density at radius 1 is 1.00 bits per heavy atom. The van der Waals surface area contributed by atoms with Gasteiger partial charge in [-0.1, -0.05) is 12.8 Å². The van der Waals surface area contributed by atoms with E-state index in [9.17, 15) is 14.0 Å². The van der Waals surface area contributed by atoms with Crippen molar-refractivity contribution in [3.63, 3.8) is 0 Å². The normalized spacial score (nSPS) is 24.8. The lowest BCUT2D eigenvalue weighted by Gasteiger charge is -2.39. The largest absolute Gasteiger partial charge is 0.488 e. The Bertz CT molecular complexity index is 827. The molecule has 3 aliphatic rings. The second-order valence-corrected chi connectivity index (χ2v) is 10.4. The molecule has 1 saturated carbocycles. The summed E-state index contributed by atoms with van der Waals surface area (Å²) in [5, 5.41) is 0. The lowest BCUT2D eigenvalue weighted by atomic mass is 10.1. The number of rotatable bonds is 4. The van der Waals surface area contributed by atoms with Gasteiger partial charge in [-0.2, -0.15) is 0 Å². The fourth-order valence-electron chi connectivity index (χ4n) is 5.13. The molecule has 2 amide bonds. The van der Waals surface area contributed by atoms with Crippen LogP contribution in [0.1, 0.15) is 52.9 Å². The van der Waals surface area contributed by atoms with E-state index in [4.69, 9.17) is 9.47 Å². The Kier molecular flexibility index (Phi) is 7.12. The number of hydrogen-bond donors (Lipinski definition) is 0. The number of hydrogen-bond acceptors (Lipinski definition) is 5. The maximum atomic E-state index is 13.5. The van der Waals surface area contributed by atoms with Gasteiger partial charge in [-0.05, 0) is 57.9 Å². The van der Waals surface area contributed by atoms with Crippen LogP contribution in [-0.4, -0.2) is 83.2 Å². The highest BCUT2D eigenvalue weighted by molar-refractivity contribution is 5.86. The predicted octanol–water partition coefficient (Wildman–Crippen LogP) is 3.67. The van der Waals surface area contributed by atoms with Crippen molar-refractivity contribution in [2.75, 3.05) is 32.7 Å². The number of amides is 2. The summed E-state index contributed by atoms with van der Waals surface area (Å²) in [6.45, 7) is 8.81. The number of halogens is 1. The van der Waals surface area contributed by atoms with E-state index in [0.29, 0.717) is 31.3 Å². The molecule has 182 valence electrons. The fraction of sp³-hybridized carbons (Fsp3) is 0.680. The zero-order valence-corrected chi connectivity index (χ0v) is 20.0. The number of likely N-dealkylation sites (tertiary alicyclic amines) is 1. The Hall–Kier alpha value is -2.35. The summed E-state index contributed by atoms with van der Waals surface area (Å²) in [5.74, 6) is 0.134. The molecule has 7 nitrogen and oxygen atoms in total. The van der Waals surface area contributed by atoms with Crippen molar-refractivity contribution in [3.05, 3.63) is 30.1 Å². The molecule has 0 bridgehead atoms. The van der Waals surface area contributed by atoms with Crippen LogP contribution in [0.15, 0.2) is 24.3 Å². The predicted molar refractivity (Wildman–Crippen MR) is 123 cm³/mol. The van der Waals surface area contributed by atoms with Crippen LogP contribution in [0, 0.1) is 5.82 Å². The third kappa shape index (κ3) is 5.96. The van der Waals surface area contributed by atoms with E-state index >= 15 is 0 Å². The van der Waals surface area contributed by atoms with Crippen molar-refractivity contribution in [3.8, 4) is 5.75 Å². The Morgan fingerprint density at radius 3 is 2.24 bits per heavy atom. The van der Waals surface area contributed by atoms with Gasteiger partial charge in [-0.15, -0.1) is 0 Å². The minimum atomic E-state index is -0.659. The van der Waals surface area contributed by atoms with Crippen LogP contribution in [0.3, 0.4) is 0 Å². The minimum Gasteiger partial charge on any atom is -0.488 e. The zero-order valence-electron chi connectivity index (χ0n) is 20.0. The fourth-order valence-corrected chi connectivity index (χ4v) is 5.13. The van der Waals surface area contributed by atoms with Crippen LogP contribution in [-0.2, 0) is 9.53 Å². The zero-order chi connectivity index (χ0) is 23.6. The topological polar surface area (TPSA) is 62.3 Å². The molecule has 2 heterocycles. The van der Waals surface area contributed by atoms with Gasteiger partial charge in [0, 0.05) is 38.6 Å². The van der Waals surface area contributed by atoms with Crippen LogP contribution in [0.4, 0.5) is 9.18 Å². The monoisotopic (exact) mass is 461 g/mol. The molecule has 1 aliphatic carbocycles. The van der Waals surface area contributed by atoms with Gasteiger partial charge in [0.25, 0.3) is 0 Å². The Labute approximate surface area is 195 Å². The van der Waals surface area contributed by atoms with Crippen LogP contribution in [0.5, 0.6) is 5.75 Å². The first-order valence-corrected chi connectivity index (χ1v) is 12.1. The molecular weight excluding hydrogens is 425 g/mol. The first kappa shape index (κ1) is 23.8. The number of benzene rings is 1. The van der Waals surface area contributed by atoms with E-state index in [1.165, 1.54) is 42.7 Å². The smallest absolute Gasteiger partial charge is 0.411 e. The highest BCUT2D eigenvalue weighted by Gasteiger charge is 2.44. The van der Waals surface area contributed by atoms with Crippen molar-refractivity contribution in [1.29, 1.82) is 0 Å². The number of ether oxygens (including phenoxy) is 2. The van der Waals surface area contributed by atoms with Crippen molar-refractivity contribution in [2.45, 2.75) is 76.7 Å². The highest BCUT2D eigenvalue weighted by Crippen LogP contribution is 2.28. The highest BCUT2D eigenvalue weighted by atomic mass is 19.1. The first-order chi connectivity index (χ1) is 15.7. The van der Waals surface area contributed by atoms with Crippen LogP contribution in [0.25, 0.3) is 0 Å². The summed E-state index contributed by atoms with van der Waals surface area (Å²) in [4.78, 5) is 32.4. The molecule has 33 heavy (non-hydrogen) atoms. The second kappa shape index (κ2) is 9.87. The Morgan fingerprint density at radius 2 is 1.64 bits per heavy atom. The lowest BCUT2D eigenvalue weighted by Crippen LogP contribution is -2.56. The molecule has 1 aromatic rings. The van der Waals surface area contributed by atoms with Gasteiger partial charge in [0.15, 0.2) is 0 Å². The Balaban J connectivity index is 1.42. The van der Waals surface area contributed by atoms with Gasteiger partial charge >= 0.3 is 6.09 Å². The average molecular weight is 462 g/mol. The third-order valence-electron chi connectivity index (χ3n) is 6.76. The van der Waals surface area contributed by atoms with Crippen molar-refractivity contribution in [1.82, 2.24) is 14.7 Å². The van der Waals surface area contributed by atoms with Gasteiger partial charge in [0.2, 0.25) is 5.91 Å². The first-order valence-electron chi connectivity index (χ1n) is 12.1. The lowest BCUT2D eigenvalue weighted by molar-refractivity contribution is -0.138. The van der Waals surface area contributed by atoms with E-state index in [2.05, 4.69) is 4.90 Å². The van der Waals surface area contributed by atoms with Gasteiger partial charge in [0.1, 0.15) is 29.3 Å². The second-order valence-electron chi connectivity index (χ2n) is 10.4. The molecule has 0 N–H and O–H groups in total. The van der Waals surface area contributed by atoms with E-state index in [0.717, 1.165) is 13.1 Å². The van der Waals surface area contributed by atoms with Gasteiger partial charge in [-0.25, -0.2) is 9.18 Å². The molecule has 2 aliphatic heterocycles. The van der Waals surface area contributed by atoms with Crippen molar-refractivity contribution in [2.24, 2.45) is 0 Å². The number of carbonyl (C=O) groups is 2. The molecule has 0 spiro atoms. The van der Waals surface area contributed by atoms with E-state index in [1.54, 1.807) is 12.1 Å². The SMILES string of the molecule is CC(C)(C)OC(=O)N1CC(Oc2ccc(F)cc2)CC1C(=O)N1CCN(C2CCCC2)CC1.